The van der Waals surface area contributed by atoms with E-state index >= 15 is 0 Å². The minimum Gasteiger partial charge on any atom is -0.348 e. The number of carbonyl (C=O) groups is 2. The van der Waals surface area contributed by atoms with Gasteiger partial charge in [-0.25, -0.2) is 0 Å². The lowest BCUT2D eigenvalue weighted by Crippen LogP contribution is -2.55. The van der Waals surface area contributed by atoms with Crippen molar-refractivity contribution in [2.45, 2.75) is 32.0 Å². The highest BCUT2D eigenvalue weighted by molar-refractivity contribution is 6.03. The van der Waals surface area contributed by atoms with Gasteiger partial charge in [0.15, 0.2) is 0 Å². The molecule has 1 saturated heterocycles. The second kappa shape index (κ2) is 11.4. The molecule has 0 saturated carbocycles. The number of para-hydroxylation sites is 1. The quantitative estimate of drug-likeness (QED) is 0.234. The van der Waals surface area contributed by atoms with Crippen LogP contribution in [0.4, 0.5) is 0 Å². The third-order valence-electron chi connectivity index (χ3n) is 9.72. The van der Waals surface area contributed by atoms with Crippen molar-refractivity contribution in [2.24, 2.45) is 7.05 Å². The number of amides is 2. The summed E-state index contributed by atoms with van der Waals surface area (Å²) in [7, 11) is 2.07. The van der Waals surface area contributed by atoms with E-state index in [1.807, 2.05) is 53.1 Å². The monoisotopic (exact) mass is 582 g/mol. The molecule has 44 heavy (non-hydrogen) atoms. The van der Waals surface area contributed by atoms with Gasteiger partial charge in [-0.2, -0.15) is 0 Å². The lowest BCUT2D eigenvalue weighted by molar-refractivity contribution is -0.138. The number of aryl methyl sites for hydroxylation is 1. The molecule has 6 nitrogen and oxygen atoms in total. The van der Waals surface area contributed by atoms with E-state index in [2.05, 4.69) is 96.2 Å². The van der Waals surface area contributed by atoms with Crippen molar-refractivity contribution in [1.29, 1.82) is 0 Å². The van der Waals surface area contributed by atoms with Gasteiger partial charge in [-0.15, -0.1) is 0 Å². The minimum absolute atomic E-state index is 0.00432. The van der Waals surface area contributed by atoms with E-state index < -0.39 is 6.04 Å². The van der Waals surface area contributed by atoms with Crippen LogP contribution in [0.1, 0.15) is 57.3 Å². The lowest BCUT2D eigenvalue weighted by atomic mass is 9.95. The predicted octanol–water partition coefficient (Wildman–Crippen LogP) is 6.35. The number of hydrogen-bond acceptors (Lipinski definition) is 3. The standard InChI is InChI=1S/C38H38N4O2/c1-26-34(32-20-12-13-21-33(32)39(26)3)36-30-18-10-11-19-31(30)38(44)42(36)27(2)37(43)41-24-22-40(23-25-41)35(28-14-6-4-7-15-28)29-16-8-5-9-17-29/h4-21,27,35-36H,22-25H2,1-3H3. The summed E-state index contributed by atoms with van der Waals surface area (Å²) in [6, 6.07) is 36.6. The van der Waals surface area contributed by atoms with Crippen LogP contribution < -0.4 is 0 Å². The molecule has 1 fully saturated rings. The van der Waals surface area contributed by atoms with Gasteiger partial charge in [0.25, 0.3) is 5.91 Å². The van der Waals surface area contributed by atoms with E-state index in [-0.39, 0.29) is 23.9 Å². The van der Waals surface area contributed by atoms with Crippen molar-refractivity contribution in [3.8, 4) is 0 Å². The van der Waals surface area contributed by atoms with Crippen molar-refractivity contribution in [3.63, 3.8) is 0 Å². The molecular formula is C38H38N4O2. The average Bonchev–Trinajstić information content (AvgIpc) is 3.50. The number of aromatic nitrogens is 1. The van der Waals surface area contributed by atoms with Gasteiger partial charge >= 0.3 is 0 Å². The fourth-order valence-electron chi connectivity index (χ4n) is 7.39. The van der Waals surface area contributed by atoms with Crippen molar-refractivity contribution in [3.05, 3.63) is 143 Å². The normalized spacial score (nSPS) is 17.8. The molecule has 2 atom stereocenters. The fourth-order valence-corrected chi connectivity index (χ4v) is 7.39. The van der Waals surface area contributed by atoms with E-state index in [1.165, 1.54) is 11.1 Å². The van der Waals surface area contributed by atoms with Crippen LogP contribution >= 0.6 is 0 Å². The maximum absolute atomic E-state index is 14.2. The van der Waals surface area contributed by atoms with Crippen LogP contribution in [0.15, 0.2) is 109 Å². The average molecular weight is 583 g/mol. The molecule has 0 N–H and O–H groups in total. The van der Waals surface area contributed by atoms with Crippen molar-refractivity contribution in [2.75, 3.05) is 26.2 Å². The number of hydrogen-bond donors (Lipinski definition) is 0. The highest BCUT2D eigenvalue weighted by atomic mass is 16.2. The lowest BCUT2D eigenvalue weighted by Gasteiger charge is -2.41. The Morgan fingerprint density at radius 2 is 1.32 bits per heavy atom. The zero-order chi connectivity index (χ0) is 30.4. The Labute approximate surface area is 259 Å². The van der Waals surface area contributed by atoms with E-state index in [4.69, 9.17) is 0 Å². The molecule has 0 radical (unpaired) electrons. The van der Waals surface area contributed by atoms with Crippen LogP contribution in [0.3, 0.4) is 0 Å². The Morgan fingerprint density at radius 1 is 0.750 bits per heavy atom. The molecule has 0 aliphatic carbocycles. The summed E-state index contributed by atoms with van der Waals surface area (Å²) in [5.41, 5.74) is 7.48. The molecule has 222 valence electrons. The van der Waals surface area contributed by atoms with Crippen molar-refractivity contribution >= 4 is 22.7 Å². The third kappa shape index (κ3) is 4.61. The predicted molar refractivity (Wildman–Crippen MR) is 174 cm³/mol. The second-order valence-electron chi connectivity index (χ2n) is 12.0. The van der Waals surface area contributed by atoms with Gasteiger partial charge in [0.1, 0.15) is 6.04 Å². The molecule has 6 heteroatoms. The Morgan fingerprint density at radius 3 is 1.98 bits per heavy atom. The first-order chi connectivity index (χ1) is 21.5. The summed E-state index contributed by atoms with van der Waals surface area (Å²) in [5, 5.41) is 1.12. The molecule has 0 spiro atoms. The molecule has 2 amide bonds. The number of nitrogens with zero attached hydrogens (tertiary/aromatic N) is 4. The molecule has 2 aliphatic heterocycles. The molecule has 1 aromatic heterocycles. The number of piperazine rings is 1. The third-order valence-corrected chi connectivity index (χ3v) is 9.72. The maximum atomic E-state index is 14.2. The van der Waals surface area contributed by atoms with Crippen LogP contribution in [0.25, 0.3) is 10.9 Å². The topological polar surface area (TPSA) is 48.8 Å². The van der Waals surface area contributed by atoms with Gasteiger partial charge in [0, 0.05) is 61.0 Å². The molecule has 7 rings (SSSR count). The van der Waals surface area contributed by atoms with Crippen molar-refractivity contribution < 1.29 is 9.59 Å². The van der Waals surface area contributed by atoms with Crippen LogP contribution in [0.2, 0.25) is 0 Å². The smallest absolute Gasteiger partial charge is 0.255 e. The van der Waals surface area contributed by atoms with E-state index in [1.54, 1.807) is 0 Å². The Hall–Kier alpha value is -4.68. The summed E-state index contributed by atoms with van der Waals surface area (Å²) in [6.07, 6.45) is 0. The van der Waals surface area contributed by atoms with Gasteiger partial charge < -0.3 is 14.4 Å². The maximum Gasteiger partial charge on any atom is 0.255 e. The number of fused-ring (bicyclic) bond motifs is 2. The zero-order valence-electron chi connectivity index (χ0n) is 25.6. The molecule has 5 aromatic rings. The fraction of sp³-hybridized carbons (Fsp3) is 0.263. The Kier molecular flexibility index (Phi) is 7.31. The Bertz CT molecular complexity index is 1780. The zero-order valence-corrected chi connectivity index (χ0v) is 25.6. The van der Waals surface area contributed by atoms with Crippen LogP contribution in [-0.4, -0.2) is 63.3 Å². The van der Waals surface area contributed by atoms with Crippen molar-refractivity contribution in [1.82, 2.24) is 19.3 Å². The summed E-state index contributed by atoms with van der Waals surface area (Å²) < 4.78 is 2.19. The highest BCUT2D eigenvalue weighted by Crippen LogP contribution is 2.44. The molecular weight excluding hydrogens is 544 g/mol. The summed E-state index contributed by atoms with van der Waals surface area (Å²) >= 11 is 0. The van der Waals surface area contributed by atoms with Crippen LogP contribution in [0, 0.1) is 6.92 Å². The molecule has 2 unspecified atom stereocenters. The number of benzene rings is 4. The second-order valence-corrected chi connectivity index (χ2v) is 12.0. The molecule has 3 heterocycles. The first kappa shape index (κ1) is 28.1. The molecule has 0 bridgehead atoms. The van der Waals surface area contributed by atoms with Gasteiger partial charge in [-0.3, -0.25) is 14.5 Å². The van der Waals surface area contributed by atoms with Gasteiger partial charge in [-0.05, 0) is 42.7 Å². The summed E-state index contributed by atoms with van der Waals surface area (Å²) in [6.45, 7) is 6.77. The van der Waals surface area contributed by atoms with Gasteiger partial charge in [0.05, 0.1) is 12.1 Å². The van der Waals surface area contributed by atoms with Crippen LogP contribution in [0.5, 0.6) is 0 Å². The first-order valence-corrected chi connectivity index (χ1v) is 15.5. The summed E-state index contributed by atoms with van der Waals surface area (Å²) in [4.78, 5) is 34.6. The summed E-state index contributed by atoms with van der Waals surface area (Å²) in [5.74, 6) is -0.0738. The first-order valence-electron chi connectivity index (χ1n) is 15.5. The van der Waals surface area contributed by atoms with Gasteiger partial charge in [0.2, 0.25) is 5.91 Å². The van der Waals surface area contributed by atoms with E-state index in [9.17, 15) is 9.59 Å². The molecule has 4 aromatic carbocycles. The minimum atomic E-state index is -0.608. The number of rotatable bonds is 6. The van der Waals surface area contributed by atoms with E-state index in [0.717, 1.165) is 40.8 Å². The Balaban J connectivity index is 1.17. The SMILES string of the molecule is Cc1c(C2c3ccccc3C(=O)N2C(C)C(=O)N2CCN(C(c3ccccc3)c3ccccc3)CC2)c2ccccc2n1C. The molecule has 2 aliphatic rings. The number of carbonyl (C=O) groups excluding carboxylic acids is 2. The van der Waals surface area contributed by atoms with E-state index in [0.29, 0.717) is 18.7 Å². The highest BCUT2D eigenvalue weighted by Gasteiger charge is 2.45. The van der Waals surface area contributed by atoms with Crippen LogP contribution in [-0.2, 0) is 11.8 Å². The van der Waals surface area contributed by atoms with Gasteiger partial charge in [-0.1, -0.05) is 97.1 Å². The largest absolute Gasteiger partial charge is 0.348 e.